The molecule has 0 radical (unpaired) electrons. The van der Waals surface area contributed by atoms with Gasteiger partial charge in [0.15, 0.2) is 0 Å². The predicted octanol–water partition coefficient (Wildman–Crippen LogP) is 4.43. The third-order valence-corrected chi connectivity index (χ3v) is 5.31. The second kappa shape index (κ2) is 9.14. The number of nitrogens with one attached hydrogen (secondary N) is 2. The third kappa shape index (κ3) is 5.46. The van der Waals surface area contributed by atoms with Crippen molar-refractivity contribution in [2.75, 3.05) is 7.11 Å². The van der Waals surface area contributed by atoms with Gasteiger partial charge in [0, 0.05) is 0 Å². The first-order chi connectivity index (χ1) is 15.8. The first-order valence-electron chi connectivity index (χ1n) is 10.2. The van der Waals surface area contributed by atoms with Crippen molar-refractivity contribution < 1.29 is 31.9 Å². The van der Waals surface area contributed by atoms with Crippen LogP contribution in [0.1, 0.15) is 29.9 Å². The minimum Gasteiger partial charge on any atom is -0.497 e. The number of halogens is 3. The molecule has 33 heavy (non-hydrogen) atoms. The number of benzene rings is 1. The van der Waals surface area contributed by atoms with E-state index in [2.05, 4.69) is 15.6 Å². The molecule has 1 aliphatic rings. The molecule has 4 rings (SSSR count). The highest BCUT2D eigenvalue weighted by atomic mass is 19.4. The zero-order valence-electron chi connectivity index (χ0n) is 17.7. The van der Waals surface area contributed by atoms with Gasteiger partial charge in [-0.1, -0.05) is 0 Å². The highest BCUT2D eigenvalue weighted by molar-refractivity contribution is 5.89. The molecule has 0 saturated heterocycles. The Labute approximate surface area is 187 Å². The molecule has 1 amide bonds. The number of rotatable bonds is 9. The Kier molecular flexibility index (Phi) is 6.28. The van der Waals surface area contributed by atoms with Crippen molar-refractivity contribution in [3.63, 3.8) is 0 Å². The van der Waals surface area contributed by atoms with E-state index in [0.717, 1.165) is 24.7 Å². The van der Waals surface area contributed by atoms with E-state index < -0.39 is 17.3 Å². The number of hydrogen-bond donors (Lipinski definition) is 2. The largest absolute Gasteiger partial charge is 0.497 e. The molecule has 2 heterocycles. The number of hydrogen-bond acceptors (Lipinski definition) is 6. The number of amides is 1. The second-order valence-electron chi connectivity index (χ2n) is 7.64. The highest BCUT2D eigenvalue weighted by Crippen LogP contribution is 2.40. The van der Waals surface area contributed by atoms with Gasteiger partial charge in [0.25, 0.3) is 0 Å². The first kappa shape index (κ1) is 22.7. The van der Waals surface area contributed by atoms with Crippen molar-refractivity contribution in [2.45, 2.75) is 37.6 Å². The molecule has 0 unspecified atom stereocenters. The highest BCUT2D eigenvalue weighted by Gasteiger charge is 2.49. The number of pyridine rings is 1. The average Bonchev–Trinajstić information content (AvgIpc) is 3.42. The summed E-state index contributed by atoms with van der Waals surface area (Å²) in [6.07, 6.45) is -0.264. The summed E-state index contributed by atoms with van der Waals surface area (Å²) in [6.45, 7) is 0.635. The van der Waals surface area contributed by atoms with Crippen LogP contribution in [0.25, 0.3) is 0 Å². The van der Waals surface area contributed by atoms with E-state index in [9.17, 15) is 18.0 Å². The van der Waals surface area contributed by atoms with Gasteiger partial charge in [0.2, 0.25) is 5.91 Å². The Morgan fingerprint density at radius 1 is 1.15 bits per heavy atom. The smallest absolute Gasteiger partial charge is 0.420 e. The van der Waals surface area contributed by atoms with Crippen molar-refractivity contribution in [2.24, 2.45) is 0 Å². The lowest BCUT2D eigenvalue weighted by Gasteiger charge is -2.16. The van der Waals surface area contributed by atoms with Gasteiger partial charge in [0.1, 0.15) is 28.6 Å². The third-order valence-electron chi connectivity index (χ3n) is 5.31. The van der Waals surface area contributed by atoms with Crippen LogP contribution in [0, 0.1) is 0 Å². The molecule has 1 aliphatic carbocycles. The Balaban J connectivity index is 1.34. The maximum atomic E-state index is 13.3. The normalized spacial score (nSPS) is 14.5. The van der Waals surface area contributed by atoms with Gasteiger partial charge < -0.3 is 19.2 Å². The summed E-state index contributed by atoms with van der Waals surface area (Å²) in [5, 5.41) is 6.07. The monoisotopic (exact) mass is 461 g/mol. The number of methoxy groups -OCH3 is 1. The maximum Gasteiger partial charge on any atom is 0.420 e. The van der Waals surface area contributed by atoms with Crippen molar-refractivity contribution in [3.05, 3.63) is 71.9 Å². The summed E-state index contributed by atoms with van der Waals surface area (Å²) >= 11 is 0. The zero-order chi connectivity index (χ0) is 23.5. The van der Waals surface area contributed by atoms with E-state index in [4.69, 9.17) is 13.9 Å². The van der Waals surface area contributed by atoms with Crippen LogP contribution in [0.4, 0.5) is 13.2 Å². The van der Waals surface area contributed by atoms with Crippen molar-refractivity contribution in [3.8, 4) is 17.2 Å². The van der Waals surface area contributed by atoms with E-state index >= 15 is 0 Å². The Morgan fingerprint density at radius 2 is 1.94 bits per heavy atom. The summed E-state index contributed by atoms with van der Waals surface area (Å²) in [7, 11) is 1.29. The van der Waals surface area contributed by atoms with Crippen LogP contribution in [0.3, 0.4) is 0 Å². The van der Waals surface area contributed by atoms with E-state index in [1.807, 2.05) is 6.07 Å². The number of ether oxygens (including phenoxy) is 2. The molecular weight excluding hydrogens is 439 g/mol. The minimum absolute atomic E-state index is 0.0750. The summed E-state index contributed by atoms with van der Waals surface area (Å²) in [5.41, 5.74) is -1.02. The Bertz CT molecular complexity index is 1100. The zero-order valence-corrected chi connectivity index (χ0v) is 17.7. The van der Waals surface area contributed by atoms with Crippen molar-refractivity contribution >= 4 is 5.91 Å². The summed E-state index contributed by atoms with van der Waals surface area (Å²) in [4.78, 5) is 16.8. The fraction of sp³-hybridized carbons (Fsp3) is 0.304. The molecule has 7 nitrogen and oxygen atoms in total. The van der Waals surface area contributed by atoms with Crippen LogP contribution < -0.4 is 20.1 Å². The van der Waals surface area contributed by atoms with Gasteiger partial charge in [-0.15, -0.1) is 0 Å². The standard InChI is InChI=1S/C23H22F3N3O4/c1-31-16-6-7-20(19(11-16)23(24,25)26)33-18-5-4-15(27-13-18)12-28-21(30)22(8-9-22)29-14-17-3-2-10-32-17/h2-7,10-11,13,29H,8-9,12,14H2,1H3,(H,28,30). The van der Waals surface area contributed by atoms with Gasteiger partial charge in [-0.25, -0.2) is 0 Å². The van der Waals surface area contributed by atoms with Crippen LogP contribution in [0.2, 0.25) is 0 Å². The topological polar surface area (TPSA) is 85.6 Å². The van der Waals surface area contributed by atoms with Crippen LogP contribution in [-0.4, -0.2) is 23.5 Å². The van der Waals surface area contributed by atoms with Gasteiger partial charge in [-0.3, -0.25) is 15.1 Å². The average molecular weight is 461 g/mol. The van der Waals surface area contributed by atoms with Crippen LogP contribution in [-0.2, 0) is 24.1 Å². The molecule has 0 aliphatic heterocycles. The lowest BCUT2D eigenvalue weighted by molar-refractivity contribution is -0.138. The molecule has 3 aromatic rings. The van der Waals surface area contributed by atoms with Crippen LogP contribution >= 0.6 is 0 Å². The molecule has 1 saturated carbocycles. The SMILES string of the molecule is COc1ccc(Oc2ccc(CNC(=O)C3(NCc4ccco4)CC3)nc2)c(C(F)(F)F)c1. The van der Waals surface area contributed by atoms with E-state index in [1.54, 1.807) is 18.4 Å². The Morgan fingerprint density at radius 3 is 2.55 bits per heavy atom. The molecule has 10 heteroatoms. The quantitative estimate of drug-likeness (QED) is 0.490. The van der Waals surface area contributed by atoms with Gasteiger partial charge in [0.05, 0.1) is 43.9 Å². The van der Waals surface area contributed by atoms with E-state index in [0.29, 0.717) is 12.2 Å². The molecule has 0 atom stereocenters. The fourth-order valence-corrected chi connectivity index (χ4v) is 3.27. The molecular formula is C23H22F3N3O4. The van der Waals surface area contributed by atoms with Crippen LogP contribution in [0.15, 0.2) is 59.3 Å². The Hall–Kier alpha value is -3.53. The van der Waals surface area contributed by atoms with Gasteiger partial charge in [-0.05, 0) is 55.3 Å². The molecule has 1 fully saturated rings. The number of alkyl halides is 3. The summed E-state index contributed by atoms with van der Waals surface area (Å²) < 4.78 is 55.6. The molecule has 174 valence electrons. The molecule has 0 bridgehead atoms. The molecule has 2 N–H and O–H groups in total. The maximum absolute atomic E-state index is 13.3. The number of carbonyl (C=O) groups excluding carboxylic acids is 1. The number of carbonyl (C=O) groups is 1. The number of nitrogens with zero attached hydrogens (tertiary/aromatic N) is 1. The molecule has 2 aromatic heterocycles. The molecule has 0 spiro atoms. The molecule has 1 aromatic carbocycles. The van der Waals surface area contributed by atoms with E-state index in [-0.39, 0.29) is 29.7 Å². The summed E-state index contributed by atoms with van der Waals surface area (Å²) in [5.74, 6) is 0.469. The lowest BCUT2D eigenvalue weighted by atomic mass is 10.2. The first-order valence-corrected chi connectivity index (χ1v) is 10.2. The van der Waals surface area contributed by atoms with Gasteiger partial charge >= 0.3 is 6.18 Å². The summed E-state index contributed by atoms with van der Waals surface area (Å²) in [6, 6.07) is 10.2. The van der Waals surface area contributed by atoms with Crippen molar-refractivity contribution in [1.29, 1.82) is 0 Å². The van der Waals surface area contributed by atoms with Gasteiger partial charge in [-0.2, -0.15) is 13.2 Å². The lowest BCUT2D eigenvalue weighted by Crippen LogP contribution is -2.45. The number of aromatic nitrogens is 1. The second-order valence-corrected chi connectivity index (χ2v) is 7.64. The predicted molar refractivity (Wildman–Crippen MR) is 112 cm³/mol. The van der Waals surface area contributed by atoms with Crippen LogP contribution in [0.5, 0.6) is 17.2 Å². The minimum atomic E-state index is -4.61. The van der Waals surface area contributed by atoms with E-state index in [1.165, 1.54) is 31.5 Å². The number of furan rings is 1. The fourth-order valence-electron chi connectivity index (χ4n) is 3.27. The van der Waals surface area contributed by atoms with Crippen molar-refractivity contribution in [1.82, 2.24) is 15.6 Å².